The van der Waals surface area contributed by atoms with Gasteiger partial charge in [-0.25, -0.2) is 0 Å². The maximum Gasteiger partial charge on any atom is 0.0467 e. The minimum absolute atomic E-state index is 1.09. The van der Waals surface area contributed by atoms with Crippen LogP contribution in [0.5, 0.6) is 0 Å². The standard InChI is InChI=1S/C64H43N/c1-3-19-47(20-4-1)63-61-32-12-11-31-59(61)60-40-37-49(43-62(60)64(63)48-21-5-2-6-22-48)44-35-38-52(39-36-44)65(53-27-13-25-50(41-53)57-33-15-23-45-17-7-9-29-55(45)57)54-28-14-26-51(42-54)58-34-16-24-46-18-8-10-30-56(46)58/h1-43H. The van der Waals surface area contributed by atoms with Crippen LogP contribution in [0.2, 0.25) is 0 Å². The molecular weight excluding hydrogens is 783 g/mol. The summed E-state index contributed by atoms with van der Waals surface area (Å²) in [5.41, 5.74) is 15.4. The molecule has 65 heavy (non-hydrogen) atoms. The molecule has 12 aromatic carbocycles. The van der Waals surface area contributed by atoms with E-state index < -0.39 is 0 Å². The highest BCUT2D eigenvalue weighted by molar-refractivity contribution is 6.22. The number of rotatable bonds is 8. The van der Waals surface area contributed by atoms with Crippen molar-refractivity contribution in [3.8, 4) is 55.6 Å². The number of hydrogen-bond donors (Lipinski definition) is 0. The van der Waals surface area contributed by atoms with Crippen molar-refractivity contribution < 1.29 is 0 Å². The maximum absolute atomic E-state index is 2.41. The second kappa shape index (κ2) is 16.3. The van der Waals surface area contributed by atoms with Crippen LogP contribution in [0.3, 0.4) is 0 Å². The zero-order chi connectivity index (χ0) is 43.1. The Balaban J connectivity index is 1.02. The molecule has 0 spiro atoms. The summed E-state index contributed by atoms with van der Waals surface area (Å²) >= 11 is 0. The Morgan fingerprint density at radius 1 is 0.200 bits per heavy atom. The molecule has 304 valence electrons. The van der Waals surface area contributed by atoms with Crippen molar-refractivity contribution in [2.75, 3.05) is 4.90 Å². The summed E-state index contributed by atoms with van der Waals surface area (Å²) in [4.78, 5) is 2.40. The van der Waals surface area contributed by atoms with Crippen LogP contribution in [0.4, 0.5) is 17.1 Å². The molecule has 0 fully saturated rings. The zero-order valence-electron chi connectivity index (χ0n) is 35.8. The van der Waals surface area contributed by atoms with E-state index in [2.05, 4.69) is 266 Å². The minimum atomic E-state index is 1.09. The molecular formula is C64H43N. The molecule has 0 saturated heterocycles. The lowest BCUT2D eigenvalue weighted by molar-refractivity contribution is 1.28. The lowest BCUT2D eigenvalue weighted by atomic mass is 9.84. The van der Waals surface area contributed by atoms with Crippen molar-refractivity contribution in [2.45, 2.75) is 0 Å². The van der Waals surface area contributed by atoms with Crippen LogP contribution >= 0.6 is 0 Å². The molecule has 0 aliphatic carbocycles. The molecule has 0 heterocycles. The highest BCUT2D eigenvalue weighted by atomic mass is 15.1. The molecule has 0 radical (unpaired) electrons. The topological polar surface area (TPSA) is 3.24 Å². The molecule has 0 aromatic heterocycles. The molecule has 0 N–H and O–H groups in total. The molecule has 12 rings (SSSR count). The van der Waals surface area contributed by atoms with E-state index in [1.807, 2.05) is 0 Å². The maximum atomic E-state index is 2.41. The molecule has 1 heteroatoms. The summed E-state index contributed by atoms with van der Waals surface area (Å²) in [6.45, 7) is 0. The smallest absolute Gasteiger partial charge is 0.0467 e. The van der Waals surface area contributed by atoms with E-state index in [0.29, 0.717) is 0 Å². The third-order valence-corrected chi connectivity index (χ3v) is 13.0. The summed E-state index contributed by atoms with van der Waals surface area (Å²) in [7, 11) is 0. The van der Waals surface area contributed by atoms with Gasteiger partial charge in [0.25, 0.3) is 0 Å². The van der Waals surface area contributed by atoms with Gasteiger partial charge in [0, 0.05) is 17.1 Å². The quantitative estimate of drug-likeness (QED) is 0.138. The fourth-order valence-electron chi connectivity index (χ4n) is 10.0. The van der Waals surface area contributed by atoms with Gasteiger partial charge in [-0.05, 0) is 141 Å². The molecule has 12 aromatic rings. The van der Waals surface area contributed by atoms with Gasteiger partial charge >= 0.3 is 0 Å². The Morgan fingerprint density at radius 3 is 1.18 bits per heavy atom. The molecule has 0 aliphatic heterocycles. The highest BCUT2D eigenvalue weighted by Gasteiger charge is 2.20. The van der Waals surface area contributed by atoms with Gasteiger partial charge < -0.3 is 4.90 Å². The van der Waals surface area contributed by atoms with Gasteiger partial charge in [0.1, 0.15) is 0 Å². The van der Waals surface area contributed by atoms with Gasteiger partial charge in [0.2, 0.25) is 0 Å². The summed E-state index contributed by atoms with van der Waals surface area (Å²) in [6.07, 6.45) is 0. The SMILES string of the molecule is c1ccc(-c2c(-c3ccccc3)c3cc(-c4ccc(N(c5cccc(-c6cccc7ccccc67)c5)c5cccc(-c6cccc7ccccc67)c5)cc4)ccc3c3ccccc23)cc1. The fourth-order valence-corrected chi connectivity index (χ4v) is 10.0. The van der Waals surface area contributed by atoms with Crippen LogP contribution in [0.25, 0.3) is 98.7 Å². The highest BCUT2D eigenvalue weighted by Crippen LogP contribution is 2.46. The number of anilines is 3. The summed E-state index contributed by atoms with van der Waals surface area (Å²) in [6, 6.07) is 95.3. The van der Waals surface area contributed by atoms with Crippen LogP contribution in [0.15, 0.2) is 261 Å². The summed E-state index contributed by atoms with van der Waals surface area (Å²) in [5, 5.41) is 9.98. The number of fused-ring (bicyclic) bond motifs is 5. The van der Waals surface area contributed by atoms with Crippen LogP contribution < -0.4 is 4.90 Å². The van der Waals surface area contributed by atoms with Gasteiger partial charge in [0.05, 0.1) is 0 Å². The second-order valence-electron chi connectivity index (χ2n) is 16.8. The van der Waals surface area contributed by atoms with Crippen molar-refractivity contribution in [2.24, 2.45) is 0 Å². The van der Waals surface area contributed by atoms with Crippen molar-refractivity contribution in [3.05, 3.63) is 261 Å². The third-order valence-electron chi connectivity index (χ3n) is 13.0. The Kier molecular flexibility index (Phi) is 9.58. The first-order valence-corrected chi connectivity index (χ1v) is 22.4. The molecule has 0 aliphatic rings. The van der Waals surface area contributed by atoms with Gasteiger partial charge in [-0.2, -0.15) is 0 Å². The minimum Gasteiger partial charge on any atom is -0.310 e. The molecule has 0 unspecified atom stereocenters. The van der Waals surface area contributed by atoms with E-state index in [-0.39, 0.29) is 0 Å². The third kappa shape index (κ3) is 6.92. The fraction of sp³-hybridized carbons (Fsp3) is 0. The van der Waals surface area contributed by atoms with E-state index in [0.717, 1.165) is 22.6 Å². The van der Waals surface area contributed by atoms with Gasteiger partial charge in [-0.15, -0.1) is 0 Å². The van der Waals surface area contributed by atoms with E-state index in [9.17, 15) is 0 Å². The Bertz CT molecular complexity index is 3570. The predicted octanol–water partition coefficient (Wildman–Crippen LogP) is 18.1. The van der Waals surface area contributed by atoms with E-state index in [1.165, 1.54) is 93.2 Å². The van der Waals surface area contributed by atoms with E-state index in [4.69, 9.17) is 0 Å². The van der Waals surface area contributed by atoms with Gasteiger partial charge in [-0.1, -0.05) is 218 Å². The Morgan fingerprint density at radius 2 is 0.615 bits per heavy atom. The van der Waals surface area contributed by atoms with Crippen LogP contribution in [0.1, 0.15) is 0 Å². The van der Waals surface area contributed by atoms with E-state index >= 15 is 0 Å². The van der Waals surface area contributed by atoms with Gasteiger partial charge in [-0.3, -0.25) is 0 Å². The van der Waals surface area contributed by atoms with Crippen LogP contribution in [-0.2, 0) is 0 Å². The van der Waals surface area contributed by atoms with E-state index in [1.54, 1.807) is 0 Å². The number of nitrogens with zero attached hydrogens (tertiary/aromatic N) is 1. The largest absolute Gasteiger partial charge is 0.310 e. The number of benzene rings is 12. The van der Waals surface area contributed by atoms with Crippen LogP contribution in [0, 0.1) is 0 Å². The average Bonchev–Trinajstić information content (AvgIpc) is 3.38. The normalized spacial score (nSPS) is 11.4. The molecule has 1 nitrogen and oxygen atoms in total. The predicted molar refractivity (Wildman–Crippen MR) is 278 cm³/mol. The monoisotopic (exact) mass is 825 g/mol. The first kappa shape index (κ1) is 38.2. The lowest BCUT2D eigenvalue weighted by Crippen LogP contribution is -2.10. The molecule has 0 saturated carbocycles. The van der Waals surface area contributed by atoms with Crippen molar-refractivity contribution in [1.29, 1.82) is 0 Å². The number of hydrogen-bond acceptors (Lipinski definition) is 1. The lowest BCUT2D eigenvalue weighted by Gasteiger charge is -2.27. The zero-order valence-corrected chi connectivity index (χ0v) is 35.8. The van der Waals surface area contributed by atoms with Crippen molar-refractivity contribution >= 4 is 60.2 Å². The average molecular weight is 826 g/mol. The molecule has 0 bridgehead atoms. The van der Waals surface area contributed by atoms with Crippen molar-refractivity contribution in [1.82, 2.24) is 0 Å². The van der Waals surface area contributed by atoms with Crippen molar-refractivity contribution in [3.63, 3.8) is 0 Å². The first-order chi connectivity index (χ1) is 32.2. The molecule has 0 amide bonds. The summed E-state index contributed by atoms with van der Waals surface area (Å²) in [5.74, 6) is 0. The first-order valence-electron chi connectivity index (χ1n) is 22.4. The second-order valence-corrected chi connectivity index (χ2v) is 16.8. The molecule has 0 atom stereocenters. The summed E-state index contributed by atoms with van der Waals surface area (Å²) < 4.78 is 0. The van der Waals surface area contributed by atoms with Gasteiger partial charge in [0.15, 0.2) is 0 Å². The Labute approximate surface area is 379 Å². The van der Waals surface area contributed by atoms with Crippen LogP contribution in [-0.4, -0.2) is 0 Å². The Hall–Kier alpha value is -8.52.